The Morgan fingerprint density at radius 3 is 2.68 bits per heavy atom. The number of hydrogen-bond donors (Lipinski definition) is 1. The molecule has 2 amide bonds. The molecule has 0 unspecified atom stereocenters. The van der Waals surface area contributed by atoms with Crippen LogP contribution in [0.5, 0.6) is 5.75 Å². The Morgan fingerprint density at radius 1 is 1.07 bits per heavy atom. The number of carbonyl (C=O) groups excluding carboxylic acids is 2. The molecule has 6 heteroatoms. The highest BCUT2D eigenvalue weighted by Crippen LogP contribution is 2.30. The molecule has 1 saturated heterocycles. The normalized spacial score (nSPS) is 15.3. The summed E-state index contributed by atoms with van der Waals surface area (Å²) >= 11 is 0. The smallest absolute Gasteiger partial charge is 0.282 e. The summed E-state index contributed by atoms with van der Waals surface area (Å²) in [6.45, 7) is 2.65. The number of hydrazine groups is 1. The van der Waals surface area contributed by atoms with Crippen LogP contribution in [-0.4, -0.2) is 23.4 Å². The zero-order chi connectivity index (χ0) is 19.5. The number of nitrogens with zero attached hydrogens (tertiary/aromatic N) is 2. The maximum Gasteiger partial charge on any atom is 0.282 e. The van der Waals surface area contributed by atoms with Gasteiger partial charge >= 0.3 is 0 Å². The first kappa shape index (κ1) is 17.7. The minimum Gasteiger partial charge on any atom is -0.493 e. The van der Waals surface area contributed by atoms with Crippen molar-refractivity contribution < 1.29 is 14.3 Å². The Balaban J connectivity index is 1.74. The first-order chi connectivity index (χ1) is 13.7. The lowest BCUT2D eigenvalue weighted by atomic mass is 10.0. The third kappa shape index (κ3) is 3.20. The van der Waals surface area contributed by atoms with Crippen molar-refractivity contribution >= 4 is 34.4 Å². The Morgan fingerprint density at radius 2 is 1.89 bits per heavy atom. The number of amides is 2. The third-order valence-corrected chi connectivity index (χ3v) is 4.48. The number of pyridine rings is 1. The van der Waals surface area contributed by atoms with E-state index in [0.29, 0.717) is 12.3 Å². The van der Waals surface area contributed by atoms with Crippen LogP contribution in [0.25, 0.3) is 16.8 Å². The quantitative estimate of drug-likeness (QED) is 0.549. The molecular formula is C22H19N3O3. The van der Waals surface area contributed by atoms with Gasteiger partial charge in [0.05, 0.1) is 12.3 Å². The van der Waals surface area contributed by atoms with Crippen molar-refractivity contribution in [2.24, 2.45) is 0 Å². The number of nitrogens with one attached hydrogen (secondary N) is 1. The maximum absolute atomic E-state index is 12.8. The van der Waals surface area contributed by atoms with E-state index >= 15 is 0 Å². The van der Waals surface area contributed by atoms with Crippen LogP contribution < -0.4 is 15.2 Å². The van der Waals surface area contributed by atoms with E-state index < -0.39 is 5.91 Å². The summed E-state index contributed by atoms with van der Waals surface area (Å²) in [5.41, 5.74) is 4.08. The molecule has 0 aliphatic carbocycles. The van der Waals surface area contributed by atoms with Crippen molar-refractivity contribution in [3.05, 3.63) is 72.1 Å². The molecule has 1 fully saturated rings. The molecule has 140 valence electrons. The summed E-state index contributed by atoms with van der Waals surface area (Å²) in [5, 5.41) is 2.97. The second kappa shape index (κ2) is 7.52. The van der Waals surface area contributed by atoms with E-state index in [1.165, 1.54) is 5.01 Å². The van der Waals surface area contributed by atoms with Crippen LogP contribution in [0.4, 0.5) is 5.69 Å². The van der Waals surface area contributed by atoms with Gasteiger partial charge in [-0.05, 0) is 47.7 Å². The van der Waals surface area contributed by atoms with Crippen LogP contribution in [0.15, 0.2) is 66.5 Å². The van der Waals surface area contributed by atoms with Crippen LogP contribution in [0, 0.1) is 0 Å². The van der Waals surface area contributed by atoms with Gasteiger partial charge in [-0.25, -0.2) is 5.01 Å². The van der Waals surface area contributed by atoms with Gasteiger partial charge in [0.2, 0.25) is 0 Å². The number of fused-ring (bicyclic) bond motifs is 1. The van der Waals surface area contributed by atoms with E-state index in [0.717, 1.165) is 28.5 Å². The molecule has 6 nitrogen and oxygen atoms in total. The van der Waals surface area contributed by atoms with Gasteiger partial charge < -0.3 is 4.74 Å². The predicted octanol–water partition coefficient (Wildman–Crippen LogP) is 3.49. The summed E-state index contributed by atoms with van der Waals surface area (Å²) in [5.74, 6) is -0.0766. The van der Waals surface area contributed by atoms with Crippen molar-refractivity contribution in [2.45, 2.75) is 13.3 Å². The Kier molecular flexibility index (Phi) is 4.76. The summed E-state index contributed by atoms with van der Waals surface area (Å²) in [6, 6.07) is 14.6. The van der Waals surface area contributed by atoms with Gasteiger partial charge in [0, 0.05) is 17.8 Å². The molecule has 0 radical (unpaired) electrons. The van der Waals surface area contributed by atoms with Gasteiger partial charge in [0.15, 0.2) is 0 Å². The molecule has 0 atom stereocenters. The molecule has 1 aliphatic rings. The van der Waals surface area contributed by atoms with Crippen molar-refractivity contribution in [2.75, 3.05) is 11.6 Å². The second-order valence-electron chi connectivity index (χ2n) is 6.40. The van der Waals surface area contributed by atoms with Gasteiger partial charge in [-0.1, -0.05) is 31.2 Å². The molecular weight excluding hydrogens is 354 g/mol. The molecule has 1 N–H and O–H groups in total. The number of benzene rings is 2. The number of carbonyl (C=O) groups is 2. The van der Waals surface area contributed by atoms with E-state index in [1.807, 2.05) is 43.3 Å². The van der Waals surface area contributed by atoms with E-state index in [2.05, 4.69) is 10.4 Å². The average Bonchev–Trinajstić information content (AvgIpc) is 3.02. The van der Waals surface area contributed by atoms with Crippen molar-refractivity contribution in [1.29, 1.82) is 0 Å². The minimum absolute atomic E-state index is 0.0872. The van der Waals surface area contributed by atoms with E-state index in [-0.39, 0.29) is 11.5 Å². The lowest BCUT2D eigenvalue weighted by Crippen LogP contribution is -2.35. The molecule has 2 heterocycles. The molecule has 0 spiro atoms. The molecule has 2 aromatic carbocycles. The molecule has 1 aliphatic heterocycles. The third-order valence-electron chi connectivity index (χ3n) is 4.48. The fourth-order valence-corrected chi connectivity index (χ4v) is 3.12. The maximum atomic E-state index is 12.8. The van der Waals surface area contributed by atoms with Crippen molar-refractivity contribution in [1.82, 2.24) is 10.4 Å². The van der Waals surface area contributed by atoms with E-state index in [4.69, 9.17) is 4.74 Å². The first-order valence-electron chi connectivity index (χ1n) is 9.10. The first-order valence-corrected chi connectivity index (χ1v) is 9.10. The van der Waals surface area contributed by atoms with Crippen LogP contribution >= 0.6 is 0 Å². The predicted molar refractivity (Wildman–Crippen MR) is 108 cm³/mol. The fourth-order valence-electron chi connectivity index (χ4n) is 3.12. The van der Waals surface area contributed by atoms with E-state index in [1.54, 1.807) is 30.6 Å². The number of ether oxygens (including phenoxy) is 1. The van der Waals surface area contributed by atoms with Crippen LogP contribution in [-0.2, 0) is 9.59 Å². The second-order valence-corrected chi connectivity index (χ2v) is 6.40. The van der Waals surface area contributed by atoms with Gasteiger partial charge in [-0.15, -0.1) is 0 Å². The average molecular weight is 373 g/mol. The Labute approximate surface area is 162 Å². The van der Waals surface area contributed by atoms with Crippen LogP contribution in [0.2, 0.25) is 0 Å². The molecule has 3 aromatic rings. The van der Waals surface area contributed by atoms with E-state index in [9.17, 15) is 9.59 Å². The van der Waals surface area contributed by atoms with Crippen LogP contribution in [0.1, 0.15) is 18.9 Å². The Bertz CT molecular complexity index is 1080. The summed E-state index contributed by atoms with van der Waals surface area (Å²) in [6.07, 6.45) is 5.93. The number of hydrogen-bond acceptors (Lipinski definition) is 4. The Hall–Kier alpha value is -3.67. The SMILES string of the molecule is CCCOc1ccc(C=C2C(=O)NN(c3ccccc3)C2=O)c2ccncc12. The number of aromatic nitrogens is 1. The summed E-state index contributed by atoms with van der Waals surface area (Å²) in [7, 11) is 0. The fraction of sp³-hybridized carbons (Fsp3) is 0.136. The lowest BCUT2D eigenvalue weighted by Gasteiger charge is -2.14. The van der Waals surface area contributed by atoms with Gasteiger partial charge in [0.1, 0.15) is 11.3 Å². The molecule has 0 bridgehead atoms. The standard InChI is InChI=1S/C22H19N3O3/c1-2-12-28-20-9-8-15(17-10-11-23-14-19(17)20)13-18-21(26)24-25(22(18)27)16-6-4-3-5-7-16/h3-11,13-14H,2,12H2,1H3,(H,24,26). The minimum atomic E-state index is -0.428. The molecule has 0 saturated carbocycles. The molecule has 4 rings (SSSR count). The van der Waals surface area contributed by atoms with Crippen molar-refractivity contribution in [3.63, 3.8) is 0 Å². The largest absolute Gasteiger partial charge is 0.493 e. The van der Waals surface area contributed by atoms with Gasteiger partial charge in [0.25, 0.3) is 11.8 Å². The highest BCUT2D eigenvalue weighted by molar-refractivity contribution is 6.32. The summed E-state index contributed by atoms with van der Waals surface area (Å²) < 4.78 is 5.80. The van der Waals surface area contributed by atoms with Gasteiger partial charge in [-0.3, -0.25) is 20.0 Å². The van der Waals surface area contributed by atoms with Crippen LogP contribution in [0.3, 0.4) is 0 Å². The lowest BCUT2D eigenvalue weighted by molar-refractivity contribution is -0.117. The zero-order valence-electron chi connectivity index (χ0n) is 15.4. The molecule has 1 aromatic heterocycles. The molecule has 28 heavy (non-hydrogen) atoms. The topological polar surface area (TPSA) is 71.5 Å². The monoisotopic (exact) mass is 373 g/mol. The zero-order valence-corrected chi connectivity index (χ0v) is 15.4. The number of anilines is 1. The number of rotatable bonds is 5. The van der Waals surface area contributed by atoms with Gasteiger partial charge in [-0.2, -0.15) is 0 Å². The summed E-state index contributed by atoms with van der Waals surface area (Å²) in [4.78, 5) is 29.4. The van der Waals surface area contributed by atoms with Crippen molar-refractivity contribution in [3.8, 4) is 5.75 Å². The number of para-hydroxylation sites is 1. The highest BCUT2D eigenvalue weighted by atomic mass is 16.5. The highest BCUT2D eigenvalue weighted by Gasteiger charge is 2.34.